The van der Waals surface area contributed by atoms with Crippen LogP contribution in [0, 0.1) is 0 Å². The number of carbonyl (C=O) groups is 1. The van der Waals surface area contributed by atoms with Crippen LogP contribution in [0.5, 0.6) is 0 Å². The van der Waals surface area contributed by atoms with Crippen molar-refractivity contribution in [2.75, 3.05) is 20.2 Å². The summed E-state index contributed by atoms with van der Waals surface area (Å²) < 4.78 is 0. The Hall–Kier alpha value is -0.870. The lowest BCUT2D eigenvalue weighted by Gasteiger charge is -2.05. The van der Waals surface area contributed by atoms with Gasteiger partial charge in [-0.3, -0.25) is 4.79 Å². The molecule has 172 valence electrons. The maximum absolute atomic E-state index is 11.8. The van der Waals surface area contributed by atoms with Crippen LogP contribution in [0.3, 0.4) is 0 Å². The number of carbonyl (C=O) groups excluding carboxylic acids is 1. The first-order valence-corrected chi connectivity index (χ1v) is 12.5. The molecule has 0 saturated heterocycles. The summed E-state index contributed by atoms with van der Waals surface area (Å²) in [5.41, 5.74) is 2.68. The maximum Gasteiger partial charge on any atom is 0.219 e. The Labute approximate surface area is 181 Å². The van der Waals surface area contributed by atoms with E-state index in [1.54, 1.807) is 7.05 Å². The van der Waals surface area contributed by atoms with E-state index in [2.05, 4.69) is 29.9 Å². The van der Waals surface area contributed by atoms with Gasteiger partial charge >= 0.3 is 0 Å². The van der Waals surface area contributed by atoms with Crippen LogP contribution in [0.2, 0.25) is 0 Å². The van der Waals surface area contributed by atoms with Gasteiger partial charge in [0.25, 0.3) is 0 Å². The van der Waals surface area contributed by atoms with Gasteiger partial charge < -0.3 is 10.2 Å². The van der Waals surface area contributed by atoms with Crippen molar-refractivity contribution in [3.05, 3.63) is 12.2 Å². The summed E-state index contributed by atoms with van der Waals surface area (Å²) in [5, 5.41) is 3.04. The lowest BCUT2D eigenvalue weighted by molar-refractivity contribution is -0.121. The minimum atomic E-state index is 0.223. The molecule has 0 aromatic rings. The fourth-order valence-corrected chi connectivity index (χ4v) is 3.43. The summed E-state index contributed by atoms with van der Waals surface area (Å²) >= 11 is 0. The average Bonchev–Trinajstić information content (AvgIpc) is 2.72. The van der Waals surface area contributed by atoms with Crippen LogP contribution in [-0.2, 0) is 9.63 Å². The zero-order valence-corrected chi connectivity index (χ0v) is 19.6. The number of nitrogens with one attached hydrogen (secondary N) is 2. The van der Waals surface area contributed by atoms with E-state index >= 15 is 0 Å². The van der Waals surface area contributed by atoms with Crippen molar-refractivity contribution in [1.82, 2.24) is 10.8 Å². The van der Waals surface area contributed by atoms with Crippen LogP contribution in [0.15, 0.2) is 12.2 Å². The molecule has 4 nitrogen and oxygen atoms in total. The molecule has 0 aromatic carbocycles. The topological polar surface area (TPSA) is 50.4 Å². The molecule has 2 N–H and O–H groups in total. The second-order valence-corrected chi connectivity index (χ2v) is 8.15. The van der Waals surface area contributed by atoms with Crippen molar-refractivity contribution in [2.24, 2.45) is 0 Å². The maximum atomic E-state index is 11.8. The summed E-state index contributed by atoms with van der Waals surface area (Å²) in [6.45, 7) is 3.85. The van der Waals surface area contributed by atoms with E-state index in [1.165, 1.54) is 77.0 Å². The van der Waals surface area contributed by atoms with Gasteiger partial charge in [-0.05, 0) is 44.9 Å². The Morgan fingerprint density at radius 1 is 0.724 bits per heavy atom. The van der Waals surface area contributed by atoms with Crippen molar-refractivity contribution in [3.63, 3.8) is 0 Å². The highest BCUT2D eigenvalue weighted by atomic mass is 16.6. The molecule has 0 unspecified atom stereocenters. The second-order valence-electron chi connectivity index (χ2n) is 8.15. The fourth-order valence-electron chi connectivity index (χ4n) is 3.43. The summed E-state index contributed by atoms with van der Waals surface area (Å²) in [5.74, 6) is 0.223. The standard InChI is InChI=1S/C25H50N2O2/c1-3-4-5-6-7-8-9-10-11-12-13-14-15-16-19-22-25(28)27-23-20-17-18-21-24-29-26-2/h10-11,26H,3-9,12-24H2,1-2H3,(H,27,28)/b11-10-. The third-order valence-corrected chi connectivity index (χ3v) is 5.31. The van der Waals surface area contributed by atoms with Crippen LogP contribution in [-0.4, -0.2) is 26.1 Å². The molecule has 0 atom stereocenters. The Morgan fingerprint density at radius 2 is 1.28 bits per heavy atom. The molecule has 0 saturated carbocycles. The lowest BCUT2D eigenvalue weighted by atomic mass is 10.1. The minimum Gasteiger partial charge on any atom is -0.356 e. The number of unbranched alkanes of at least 4 members (excludes halogenated alkanes) is 14. The van der Waals surface area contributed by atoms with E-state index in [0.29, 0.717) is 6.42 Å². The van der Waals surface area contributed by atoms with Gasteiger partial charge in [0.15, 0.2) is 0 Å². The normalized spacial score (nSPS) is 11.4. The summed E-state index contributed by atoms with van der Waals surface area (Å²) in [4.78, 5) is 16.9. The van der Waals surface area contributed by atoms with E-state index in [4.69, 9.17) is 4.84 Å². The van der Waals surface area contributed by atoms with Gasteiger partial charge in [0.1, 0.15) is 0 Å². The molecule has 0 aromatic heterocycles. The van der Waals surface area contributed by atoms with Crippen LogP contribution in [0.25, 0.3) is 0 Å². The number of allylic oxidation sites excluding steroid dienone is 2. The Balaban J connectivity index is 3.19. The molecule has 1 amide bonds. The number of hydrogen-bond acceptors (Lipinski definition) is 3. The monoisotopic (exact) mass is 410 g/mol. The highest BCUT2D eigenvalue weighted by Gasteiger charge is 2.00. The first kappa shape index (κ1) is 28.1. The van der Waals surface area contributed by atoms with E-state index in [-0.39, 0.29) is 5.91 Å². The molecular weight excluding hydrogens is 360 g/mol. The van der Waals surface area contributed by atoms with Crippen molar-refractivity contribution >= 4 is 5.91 Å². The van der Waals surface area contributed by atoms with Gasteiger partial charge in [-0.25, -0.2) is 5.48 Å². The molecule has 4 heteroatoms. The highest BCUT2D eigenvalue weighted by Crippen LogP contribution is 2.10. The van der Waals surface area contributed by atoms with Crippen molar-refractivity contribution in [1.29, 1.82) is 0 Å². The SMILES string of the molecule is CCCCCCCC/C=C\CCCCCCCC(=O)NCCCCCCONC. The van der Waals surface area contributed by atoms with E-state index in [0.717, 1.165) is 45.3 Å². The highest BCUT2D eigenvalue weighted by molar-refractivity contribution is 5.75. The molecule has 0 aliphatic heterocycles. The molecule has 0 aliphatic rings. The zero-order chi connectivity index (χ0) is 21.3. The molecule has 0 rings (SSSR count). The zero-order valence-electron chi connectivity index (χ0n) is 19.6. The van der Waals surface area contributed by atoms with Crippen molar-refractivity contribution in [3.8, 4) is 0 Å². The first-order valence-electron chi connectivity index (χ1n) is 12.5. The van der Waals surface area contributed by atoms with E-state index in [1.807, 2.05) is 0 Å². The van der Waals surface area contributed by atoms with Crippen molar-refractivity contribution < 1.29 is 9.63 Å². The van der Waals surface area contributed by atoms with Crippen molar-refractivity contribution in [2.45, 2.75) is 122 Å². The van der Waals surface area contributed by atoms with Gasteiger partial charge in [-0.2, -0.15) is 0 Å². The quantitative estimate of drug-likeness (QED) is 0.110. The van der Waals surface area contributed by atoms with Crippen LogP contribution >= 0.6 is 0 Å². The van der Waals surface area contributed by atoms with E-state index < -0.39 is 0 Å². The Bertz CT molecular complexity index is 359. The molecular formula is C25H50N2O2. The van der Waals surface area contributed by atoms with Crippen LogP contribution < -0.4 is 10.8 Å². The predicted octanol–water partition coefficient (Wildman–Crippen LogP) is 6.85. The first-order chi connectivity index (χ1) is 14.3. The Morgan fingerprint density at radius 3 is 1.93 bits per heavy atom. The molecule has 0 heterocycles. The number of hydrogen-bond donors (Lipinski definition) is 2. The van der Waals surface area contributed by atoms with Gasteiger partial charge in [-0.15, -0.1) is 0 Å². The molecule has 0 fully saturated rings. The largest absolute Gasteiger partial charge is 0.356 e. The van der Waals surface area contributed by atoms with Gasteiger partial charge in [0, 0.05) is 20.0 Å². The number of hydroxylamine groups is 1. The van der Waals surface area contributed by atoms with Gasteiger partial charge in [0.05, 0.1) is 6.61 Å². The summed E-state index contributed by atoms with van der Waals surface area (Å²) in [6, 6.07) is 0. The number of amides is 1. The molecule has 29 heavy (non-hydrogen) atoms. The van der Waals surface area contributed by atoms with Gasteiger partial charge in [0.2, 0.25) is 5.91 Å². The second kappa shape index (κ2) is 25.2. The number of rotatable bonds is 23. The smallest absolute Gasteiger partial charge is 0.219 e. The summed E-state index contributed by atoms with van der Waals surface area (Å²) in [7, 11) is 1.78. The lowest BCUT2D eigenvalue weighted by Crippen LogP contribution is -2.23. The summed E-state index contributed by atoms with van der Waals surface area (Å²) in [6.07, 6.45) is 26.7. The van der Waals surface area contributed by atoms with E-state index in [9.17, 15) is 4.79 Å². The third-order valence-electron chi connectivity index (χ3n) is 5.31. The van der Waals surface area contributed by atoms with Crippen LogP contribution in [0.1, 0.15) is 122 Å². The molecule has 0 aliphatic carbocycles. The fraction of sp³-hybridized carbons (Fsp3) is 0.880. The van der Waals surface area contributed by atoms with Crippen LogP contribution in [0.4, 0.5) is 0 Å². The molecule has 0 radical (unpaired) electrons. The molecule has 0 bridgehead atoms. The molecule has 0 spiro atoms. The Kier molecular flexibility index (Phi) is 24.4. The third kappa shape index (κ3) is 25.1. The predicted molar refractivity (Wildman–Crippen MR) is 126 cm³/mol. The average molecular weight is 411 g/mol. The van der Waals surface area contributed by atoms with Gasteiger partial charge in [-0.1, -0.05) is 83.3 Å². The minimum absolute atomic E-state index is 0.223.